The van der Waals surface area contributed by atoms with E-state index >= 15 is 0 Å². The van der Waals surface area contributed by atoms with Crippen molar-refractivity contribution >= 4 is 21.7 Å². The maximum Gasteiger partial charge on any atom is 0.145 e. The van der Waals surface area contributed by atoms with Crippen molar-refractivity contribution in [3.63, 3.8) is 0 Å². The molecule has 0 aromatic carbocycles. The van der Waals surface area contributed by atoms with E-state index in [0.29, 0.717) is 0 Å². The Balaban J connectivity index is 3.22. The van der Waals surface area contributed by atoms with Gasteiger partial charge in [0.15, 0.2) is 0 Å². The highest BCUT2D eigenvalue weighted by Crippen LogP contribution is 2.32. The van der Waals surface area contributed by atoms with Crippen molar-refractivity contribution in [1.29, 1.82) is 0 Å². The fourth-order valence-electron chi connectivity index (χ4n) is 1.70. The smallest absolute Gasteiger partial charge is 0.145 e. The molecule has 108 valence electrons. The lowest BCUT2D eigenvalue weighted by Gasteiger charge is -2.22. The molecular formula is C14H25BrN4. The third kappa shape index (κ3) is 4.73. The van der Waals surface area contributed by atoms with E-state index < -0.39 is 0 Å². The highest BCUT2D eigenvalue weighted by atomic mass is 79.9. The largest absolute Gasteiger partial charge is 0.369 e. The van der Waals surface area contributed by atoms with Crippen LogP contribution in [0.1, 0.15) is 45.6 Å². The first-order valence-electron chi connectivity index (χ1n) is 6.71. The first-order valence-corrected chi connectivity index (χ1v) is 7.50. The Labute approximate surface area is 125 Å². The number of hydrogen-bond acceptors (Lipinski definition) is 4. The van der Waals surface area contributed by atoms with Gasteiger partial charge in [-0.3, -0.25) is 0 Å². The second-order valence-corrected chi connectivity index (χ2v) is 6.86. The summed E-state index contributed by atoms with van der Waals surface area (Å²) < 4.78 is 0.982. The van der Waals surface area contributed by atoms with E-state index in [9.17, 15) is 0 Å². The van der Waals surface area contributed by atoms with E-state index in [4.69, 9.17) is 4.98 Å². The molecule has 0 bridgehead atoms. The summed E-state index contributed by atoms with van der Waals surface area (Å²) in [4.78, 5) is 11.4. The summed E-state index contributed by atoms with van der Waals surface area (Å²) >= 11 is 3.65. The number of nitrogens with one attached hydrogen (secondary N) is 1. The third-order valence-corrected chi connectivity index (χ3v) is 3.36. The van der Waals surface area contributed by atoms with Crippen molar-refractivity contribution in [2.24, 2.45) is 0 Å². The molecule has 1 heterocycles. The van der Waals surface area contributed by atoms with Gasteiger partial charge in [0.25, 0.3) is 0 Å². The van der Waals surface area contributed by atoms with Crippen LogP contribution in [0.25, 0.3) is 0 Å². The van der Waals surface area contributed by atoms with Crippen molar-refractivity contribution in [2.75, 3.05) is 26.0 Å². The zero-order chi connectivity index (χ0) is 14.6. The Morgan fingerprint density at radius 2 is 1.84 bits per heavy atom. The van der Waals surface area contributed by atoms with E-state index in [1.165, 1.54) is 0 Å². The van der Waals surface area contributed by atoms with Crippen molar-refractivity contribution in [2.45, 2.75) is 46.1 Å². The normalized spacial score (nSPS) is 12.0. The Kier molecular flexibility index (Phi) is 5.74. The summed E-state index contributed by atoms with van der Waals surface area (Å²) in [5.41, 5.74) is 1.05. The molecule has 0 fully saturated rings. The SMILES string of the molecule is CCCNc1nc(CN(C)C)nc(C(C)(C)C)c1Br. The molecule has 19 heavy (non-hydrogen) atoms. The summed E-state index contributed by atoms with van der Waals surface area (Å²) in [6.45, 7) is 10.3. The van der Waals surface area contributed by atoms with Crippen LogP contribution < -0.4 is 5.32 Å². The molecule has 1 aromatic heterocycles. The first kappa shape index (κ1) is 16.4. The van der Waals surface area contributed by atoms with Gasteiger partial charge in [-0.1, -0.05) is 27.7 Å². The van der Waals surface area contributed by atoms with Crippen LogP contribution in [0.5, 0.6) is 0 Å². The second-order valence-electron chi connectivity index (χ2n) is 6.07. The lowest BCUT2D eigenvalue weighted by atomic mass is 9.92. The zero-order valence-electron chi connectivity index (χ0n) is 12.8. The first-order chi connectivity index (χ1) is 8.75. The maximum atomic E-state index is 4.71. The molecule has 0 aliphatic heterocycles. The molecule has 0 amide bonds. The summed E-state index contributed by atoms with van der Waals surface area (Å²) in [6.07, 6.45) is 1.07. The van der Waals surface area contributed by atoms with Crippen LogP contribution in [0.15, 0.2) is 4.47 Å². The van der Waals surface area contributed by atoms with E-state index in [1.807, 2.05) is 14.1 Å². The molecule has 0 unspecified atom stereocenters. The summed E-state index contributed by atoms with van der Waals surface area (Å²) in [5, 5.41) is 3.37. The number of halogens is 1. The number of anilines is 1. The van der Waals surface area contributed by atoms with Crippen molar-refractivity contribution < 1.29 is 0 Å². The van der Waals surface area contributed by atoms with Gasteiger partial charge in [0.05, 0.1) is 16.7 Å². The third-order valence-electron chi connectivity index (χ3n) is 2.61. The van der Waals surface area contributed by atoms with Crippen LogP contribution in [-0.2, 0) is 12.0 Å². The van der Waals surface area contributed by atoms with Gasteiger partial charge in [0.2, 0.25) is 0 Å². The van der Waals surface area contributed by atoms with Crippen LogP contribution in [0, 0.1) is 0 Å². The minimum atomic E-state index is -0.00845. The van der Waals surface area contributed by atoms with Crippen LogP contribution in [0.2, 0.25) is 0 Å². The molecule has 1 rings (SSSR count). The van der Waals surface area contributed by atoms with Gasteiger partial charge in [-0.15, -0.1) is 0 Å². The summed E-state index contributed by atoms with van der Waals surface area (Å²) in [7, 11) is 4.06. The minimum Gasteiger partial charge on any atom is -0.369 e. The van der Waals surface area contributed by atoms with Crippen LogP contribution in [0.3, 0.4) is 0 Å². The molecule has 0 spiro atoms. The molecular weight excluding hydrogens is 304 g/mol. The fourth-order valence-corrected chi connectivity index (χ4v) is 2.62. The number of nitrogens with zero attached hydrogens (tertiary/aromatic N) is 3. The monoisotopic (exact) mass is 328 g/mol. The Morgan fingerprint density at radius 1 is 1.21 bits per heavy atom. The average molecular weight is 329 g/mol. The molecule has 5 heteroatoms. The zero-order valence-corrected chi connectivity index (χ0v) is 14.4. The van der Waals surface area contributed by atoms with Gasteiger partial charge in [-0.2, -0.15) is 0 Å². The Hall–Kier alpha value is -0.680. The van der Waals surface area contributed by atoms with Crippen LogP contribution >= 0.6 is 15.9 Å². The van der Waals surface area contributed by atoms with Gasteiger partial charge in [0, 0.05) is 12.0 Å². The number of rotatable bonds is 5. The highest BCUT2D eigenvalue weighted by molar-refractivity contribution is 9.10. The molecule has 1 N–H and O–H groups in total. The predicted octanol–water partition coefficient (Wildman–Crippen LogP) is 3.42. The maximum absolute atomic E-state index is 4.71. The molecule has 0 saturated heterocycles. The lowest BCUT2D eigenvalue weighted by Crippen LogP contribution is -2.21. The van der Waals surface area contributed by atoms with Gasteiger partial charge in [-0.05, 0) is 36.4 Å². The molecule has 0 aliphatic rings. The predicted molar refractivity (Wildman–Crippen MR) is 84.6 cm³/mol. The van der Waals surface area contributed by atoms with E-state index in [0.717, 1.165) is 41.3 Å². The highest BCUT2D eigenvalue weighted by Gasteiger charge is 2.23. The molecule has 0 radical (unpaired) electrons. The topological polar surface area (TPSA) is 41.1 Å². The quantitative estimate of drug-likeness (QED) is 0.899. The van der Waals surface area contributed by atoms with Gasteiger partial charge >= 0.3 is 0 Å². The summed E-state index contributed by atoms with van der Waals surface area (Å²) in [5.74, 6) is 1.76. The molecule has 4 nitrogen and oxygen atoms in total. The lowest BCUT2D eigenvalue weighted by molar-refractivity contribution is 0.387. The van der Waals surface area contributed by atoms with E-state index in [2.05, 4.69) is 58.8 Å². The molecule has 0 aliphatic carbocycles. The molecule has 1 aromatic rings. The van der Waals surface area contributed by atoms with Crippen molar-refractivity contribution in [3.05, 3.63) is 16.0 Å². The molecule has 0 saturated carbocycles. The van der Waals surface area contributed by atoms with Crippen molar-refractivity contribution in [1.82, 2.24) is 14.9 Å². The second kappa shape index (κ2) is 6.66. The Morgan fingerprint density at radius 3 is 2.32 bits per heavy atom. The van der Waals surface area contributed by atoms with E-state index in [-0.39, 0.29) is 5.41 Å². The average Bonchev–Trinajstić information content (AvgIpc) is 2.27. The van der Waals surface area contributed by atoms with Gasteiger partial charge in [0.1, 0.15) is 11.6 Å². The van der Waals surface area contributed by atoms with Gasteiger partial charge < -0.3 is 10.2 Å². The standard InChI is InChI=1S/C14H25BrN4/c1-7-8-16-13-11(15)12(14(2,3)4)17-10(18-13)9-19(5)6/h7-9H2,1-6H3,(H,16,17,18). The summed E-state index contributed by atoms with van der Waals surface area (Å²) in [6, 6.07) is 0. The van der Waals surface area contributed by atoms with Crippen LogP contribution in [0.4, 0.5) is 5.82 Å². The number of aromatic nitrogens is 2. The van der Waals surface area contributed by atoms with E-state index in [1.54, 1.807) is 0 Å². The molecule has 0 atom stereocenters. The minimum absolute atomic E-state index is 0.00845. The van der Waals surface area contributed by atoms with Crippen LogP contribution in [-0.4, -0.2) is 35.5 Å². The fraction of sp³-hybridized carbons (Fsp3) is 0.714. The number of hydrogen-bond donors (Lipinski definition) is 1. The van der Waals surface area contributed by atoms with Gasteiger partial charge in [-0.25, -0.2) is 9.97 Å². The van der Waals surface area contributed by atoms with Crippen molar-refractivity contribution in [3.8, 4) is 0 Å². The Bertz CT molecular complexity index is 424.